The first-order chi connectivity index (χ1) is 10.0. The van der Waals surface area contributed by atoms with Crippen LogP contribution in [0.15, 0.2) is 12.3 Å². The third-order valence-electron chi connectivity index (χ3n) is 4.13. The number of carbonyl (C=O) groups is 1. The summed E-state index contributed by atoms with van der Waals surface area (Å²) in [6, 6.07) is 1.26. The van der Waals surface area contributed by atoms with Crippen LogP contribution in [0.2, 0.25) is 0 Å². The summed E-state index contributed by atoms with van der Waals surface area (Å²) < 4.78 is 0. The summed E-state index contributed by atoms with van der Waals surface area (Å²) in [5.41, 5.74) is 0.0192. The van der Waals surface area contributed by atoms with Crippen molar-refractivity contribution in [3.63, 3.8) is 0 Å². The number of hydrogen-bond donors (Lipinski definition) is 2. The van der Waals surface area contributed by atoms with E-state index in [0.717, 1.165) is 12.6 Å². The van der Waals surface area contributed by atoms with Gasteiger partial charge >= 0.3 is 0 Å². The molecule has 1 saturated carbocycles. The van der Waals surface area contributed by atoms with Crippen molar-refractivity contribution in [2.45, 2.75) is 26.2 Å². The normalized spacial score (nSPS) is 21.0. The summed E-state index contributed by atoms with van der Waals surface area (Å²) in [6.45, 7) is 2.80. The average Bonchev–Trinajstić information content (AvgIpc) is 2.89. The lowest BCUT2D eigenvalue weighted by atomic mass is 9.98. The zero-order valence-electron chi connectivity index (χ0n) is 12.3. The van der Waals surface area contributed by atoms with Crippen molar-refractivity contribution in [2.24, 2.45) is 11.8 Å². The molecule has 0 aromatic carbocycles. The molecule has 0 spiro atoms. The van der Waals surface area contributed by atoms with Crippen LogP contribution in [-0.4, -0.2) is 29.4 Å². The highest BCUT2D eigenvalue weighted by Gasteiger charge is 2.24. The van der Waals surface area contributed by atoms with E-state index in [2.05, 4.69) is 22.5 Å². The van der Waals surface area contributed by atoms with Crippen LogP contribution in [0.25, 0.3) is 0 Å². The fraction of sp³-hybridized carbons (Fsp3) is 0.571. The number of pyridine rings is 1. The Balaban J connectivity index is 2.10. The van der Waals surface area contributed by atoms with E-state index in [4.69, 9.17) is 0 Å². The summed E-state index contributed by atoms with van der Waals surface area (Å²) >= 11 is 0. The molecule has 0 saturated heterocycles. The van der Waals surface area contributed by atoms with Crippen LogP contribution < -0.4 is 10.6 Å². The van der Waals surface area contributed by atoms with Crippen LogP contribution in [0.5, 0.6) is 0 Å². The zero-order chi connectivity index (χ0) is 15.4. The molecule has 7 nitrogen and oxygen atoms in total. The largest absolute Gasteiger partial charge is 0.372 e. The average molecular weight is 292 g/mol. The second kappa shape index (κ2) is 6.51. The summed E-state index contributed by atoms with van der Waals surface area (Å²) in [5, 5.41) is 16.5. The first-order valence-electron chi connectivity index (χ1n) is 7.13. The molecule has 1 aromatic rings. The van der Waals surface area contributed by atoms with E-state index in [1.54, 1.807) is 7.05 Å². The SMILES string of the molecule is CNc1ncc([N+](=O)[O-])cc1C(=O)NCC1CCCC1C. The van der Waals surface area contributed by atoms with Crippen LogP contribution in [0.3, 0.4) is 0 Å². The molecule has 0 radical (unpaired) electrons. The van der Waals surface area contributed by atoms with Crippen molar-refractivity contribution in [1.82, 2.24) is 10.3 Å². The van der Waals surface area contributed by atoms with Gasteiger partial charge in [0.1, 0.15) is 12.0 Å². The molecule has 1 heterocycles. The Hall–Kier alpha value is -2.18. The van der Waals surface area contributed by atoms with Crippen LogP contribution in [0.1, 0.15) is 36.5 Å². The molecule has 1 aromatic heterocycles. The van der Waals surface area contributed by atoms with Crippen molar-refractivity contribution in [1.29, 1.82) is 0 Å². The number of carbonyl (C=O) groups excluding carboxylic acids is 1. The predicted molar refractivity (Wildman–Crippen MR) is 79.3 cm³/mol. The number of hydrogen-bond acceptors (Lipinski definition) is 5. The van der Waals surface area contributed by atoms with Crippen molar-refractivity contribution >= 4 is 17.4 Å². The van der Waals surface area contributed by atoms with Crippen molar-refractivity contribution in [3.05, 3.63) is 27.9 Å². The molecule has 2 rings (SSSR count). The molecule has 2 unspecified atom stereocenters. The minimum absolute atomic E-state index is 0.187. The molecule has 114 valence electrons. The Morgan fingerprint density at radius 3 is 2.86 bits per heavy atom. The fourth-order valence-corrected chi connectivity index (χ4v) is 2.77. The Bertz CT molecular complexity index is 547. The Kier molecular flexibility index (Phi) is 4.72. The van der Waals surface area contributed by atoms with Gasteiger partial charge in [0.15, 0.2) is 0 Å². The van der Waals surface area contributed by atoms with Gasteiger partial charge < -0.3 is 10.6 Å². The number of nitro groups is 1. The van der Waals surface area contributed by atoms with E-state index in [9.17, 15) is 14.9 Å². The highest BCUT2D eigenvalue weighted by atomic mass is 16.6. The van der Waals surface area contributed by atoms with Gasteiger partial charge in [-0.2, -0.15) is 0 Å². The molecule has 7 heteroatoms. The van der Waals surface area contributed by atoms with Gasteiger partial charge in [0.05, 0.1) is 10.5 Å². The maximum absolute atomic E-state index is 12.2. The van der Waals surface area contributed by atoms with Crippen molar-refractivity contribution < 1.29 is 9.72 Å². The highest BCUT2D eigenvalue weighted by Crippen LogP contribution is 2.30. The molecule has 1 aliphatic rings. The van der Waals surface area contributed by atoms with Gasteiger partial charge in [0.25, 0.3) is 11.6 Å². The predicted octanol–water partition coefficient (Wildman–Crippen LogP) is 2.20. The van der Waals surface area contributed by atoms with Gasteiger partial charge in [-0.05, 0) is 18.3 Å². The lowest BCUT2D eigenvalue weighted by molar-refractivity contribution is -0.385. The summed E-state index contributed by atoms with van der Waals surface area (Å²) in [7, 11) is 1.63. The molecule has 2 N–H and O–H groups in total. The Morgan fingerprint density at radius 2 is 2.29 bits per heavy atom. The second-order valence-corrected chi connectivity index (χ2v) is 5.48. The fourth-order valence-electron chi connectivity index (χ4n) is 2.77. The van der Waals surface area contributed by atoms with Crippen LogP contribution >= 0.6 is 0 Å². The van der Waals surface area contributed by atoms with E-state index >= 15 is 0 Å². The molecular formula is C14H20N4O3. The van der Waals surface area contributed by atoms with E-state index < -0.39 is 4.92 Å². The zero-order valence-corrected chi connectivity index (χ0v) is 12.3. The number of aromatic nitrogens is 1. The molecule has 0 bridgehead atoms. The third-order valence-corrected chi connectivity index (χ3v) is 4.13. The first kappa shape index (κ1) is 15.2. The molecule has 2 atom stereocenters. The van der Waals surface area contributed by atoms with Crippen LogP contribution in [0.4, 0.5) is 11.5 Å². The van der Waals surface area contributed by atoms with Gasteiger partial charge in [-0.15, -0.1) is 0 Å². The Labute approximate surface area is 123 Å². The van der Waals surface area contributed by atoms with Crippen LogP contribution in [-0.2, 0) is 0 Å². The minimum atomic E-state index is -0.553. The second-order valence-electron chi connectivity index (χ2n) is 5.48. The van der Waals surface area contributed by atoms with Gasteiger partial charge in [0, 0.05) is 19.7 Å². The van der Waals surface area contributed by atoms with Gasteiger partial charge in [-0.25, -0.2) is 4.98 Å². The highest BCUT2D eigenvalue weighted by molar-refractivity contribution is 5.99. The van der Waals surface area contributed by atoms with Gasteiger partial charge in [-0.3, -0.25) is 14.9 Å². The summed E-state index contributed by atoms with van der Waals surface area (Å²) in [6.07, 6.45) is 4.65. The number of rotatable bonds is 5. The monoisotopic (exact) mass is 292 g/mol. The molecule has 21 heavy (non-hydrogen) atoms. The van der Waals surface area contributed by atoms with E-state index in [0.29, 0.717) is 24.2 Å². The van der Waals surface area contributed by atoms with Crippen LogP contribution in [0, 0.1) is 22.0 Å². The quantitative estimate of drug-likeness (QED) is 0.640. The smallest absolute Gasteiger partial charge is 0.288 e. The number of nitrogens with zero attached hydrogens (tertiary/aromatic N) is 2. The lowest BCUT2D eigenvalue weighted by Gasteiger charge is -2.16. The Morgan fingerprint density at radius 1 is 1.52 bits per heavy atom. The van der Waals surface area contributed by atoms with Gasteiger partial charge in [-0.1, -0.05) is 19.8 Å². The van der Waals surface area contributed by atoms with Crippen molar-refractivity contribution in [2.75, 3.05) is 18.9 Å². The topological polar surface area (TPSA) is 97.2 Å². The molecule has 1 amide bonds. The maximum Gasteiger partial charge on any atom is 0.288 e. The van der Waals surface area contributed by atoms with E-state index in [1.807, 2.05) is 0 Å². The lowest BCUT2D eigenvalue weighted by Crippen LogP contribution is -2.31. The first-order valence-corrected chi connectivity index (χ1v) is 7.13. The number of nitrogens with one attached hydrogen (secondary N) is 2. The summed E-state index contributed by atoms with van der Waals surface area (Å²) in [4.78, 5) is 26.4. The van der Waals surface area contributed by atoms with Gasteiger partial charge in [0.2, 0.25) is 0 Å². The molecule has 1 aliphatic carbocycles. The third kappa shape index (κ3) is 3.48. The maximum atomic E-state index is 12.2. The van der Waals surface area contributed by atoms with E-state index in [-0.39, 0.29) is 17.2 Å². The number of amides is 1. The minimum Gasteiger partial charge on any atom is -0.372 e. The summed E-state index contributed by atoms with van der Waals surface area (Å²) in [5.74, 6) is 1.11. The molecular weight excluding hydrogens is 272 g/mol. The van der Waals surface area contributed by atoms with E-state index in [1.165, 1.54) is 18.9 Å². The number of anilines is 1. The van der Waals surface area contributed by atoms with Crippen molar-refractivity contribution in [3.8, 4) is 0 Å². The molecule has 0 aliphatic heterocycles. The standard InChI is InChI=1S/C14H20N4O3/c1-9-4-3-5-10(9)7-17-14(19)12-6-11(18(20)21)8-16-13(12)15-2/h6,8-10H,3-5,7H2,1-2H3,(H,15,16)(H,17,19). The molecule has 1 fully saturated rings.